The number of carbonyl (C=O) groups excluding carboxylic acids is 3. The number of benzene rings is 6. The molecule has 1 atom stereocenters. The van der Waals surface area contributed by atoms with Gasteiger partial charge in [0.2, 0.25) is 11.8 Å². The molecule has 8 rings (SSSR count). The van der Waals surface area contributed by atoms with Gasteiger partial charge in [0, 0.05) is 11.3 Å². The number of hydrogen-bond acceptors (Lipinski definition) is 7. The number of alkyl carbamates (subject to hydrolysis) is 1. The summed E-state index contributed by atoms with van der Waals surface area (Å²) < 4.78 is 7.33. The normalized spacial score (nSPS) is 14.3. The molecular formula is C52H51N7O4. The fourth-order valence-corrected chi connectivity index (χ4v) is 8.35. The number of aromatic nitrogens is 4. The Balaban J connectivity index is 1.11. The Bertz CT molecular complexity index is 2610. The maximum atomic E-state index is 14.4. The Kier molecular flexibility index (Phi) is 11.8. The maximum absolute atomic E-state index is 14.4. The topological polar surface area (TPSA) is 131 Å². The van der Waals surface area contributed by atoms with Gasteiger partial charge in [-0.15, -0.1) is 5.10 Å². The molecule has 0 spiro atoms. The average Bonchev–Trinajstić information content (AvgIpc) is 3.73. The zero-order valence-electron chi connectivity index (χ0n) is 36.2. The first-order chi connectivity index (χ1) is 30.3. The number of aryl methyl sites for hydroxylation is 1. The molecule has 0 unspecified atom stereocenters. The molecule has 11 heteroatoms. The van der Waals surface area contributed by atoms with E-state index in [1.165, 1.54) is 0 Å². The third-order valence-electron chi connectivity index (χ3n) is 11.4. The second-order valence-corrected chi connectivity index (χ2v) is 17.3. The molecule has 3 amide bonds. The van der Waals surface area contributed by atoms with Crippen molar-refractivity contribution in [3.63, 3.8) is 0 Å². The van der Waals surface area contributed by atoms with E-state index in [4.69, 9.17) is 15.0 Å². The lowest BCUT2D eigenvalue weighted by atomic mass is 9.77. The number of para-hydroxylation sites is 1. The van der Waals surface area contributed by atoms with Crippen LogP contribution in [0.15, 0.2) is 164 Å². The molecule has 6 aromatic carbocycles. The summed E-state index contributed by atoms with van der Waals surface area (Å²) in [6.45, 7) is 8.71. The van der Waals surface area contributed by atoms with Crippen LogP contribution >= 0.6 is 0 Å². The second-order valence-electron chi connectivity index (χ2n) is 17.3. The van der Waals surface area contributed by atoms with Gasteiger partial charge < -0.3 is 20.3 Å². The first-order valence-corrected chi connectivity index (χ1v) is 21.2. The van der Waals surface area contributed by atoms with Crippen molar-refractivity contribution in [1.82, 2.24) is 30.8 Å². The highest BCUT2D eigenvalue weighted by Gasteiger charge is 2.42. The molecule has 1 aliphatic rings. The van der Waals surface area contributed by atoms with E-state index >= 15 is 0 Å². The number of ether oxygens (including phenoxy) is 1. The van der Waals surface area contributed by atoms with Crippen LogP contribution in [0.4, 0.5) is 10.5 Å². The number of nitrogens with one attached hydrogen (secondary N) is 2. The first kappa shape index (κ1) is 42.3. The van der Waals surface area contributed by atoms with Crippen molar-refractivity contribution in [2.24, 2.45) is 0 Å². The summed E-state index contributed by atoms with van der Waals surface area (Å²) in [5.41, 5.74) is 5.46. The summed E-state index contributed by atoms with van der Waals surface area (Å²) in [4.78, 5) is 42.4. The van der Waals surface area contributed by atoms with Crippen LogP contribution in [0.2, 0.25) is 0 Å². The minimum Gasteiger partial charge on any atom is -0.444 e. The third kappa shape index (κ3) is 8.72. The lowest BCUT2D eigenvalue weighted by Crippen LogP contribution is -2.59. The Morgan fingerprint density at radius 1 is 0.683 bits per heavy atom. The van der Waals surface area contributed by atoms with Crippen molar-refractivity contribution in [2.45, 2.75) is 76.7 Å². The highest BCUT2D eigenvalue weighted by atomic mass is 16.6. The summed E-state index contributed by atoms with van der Waals surface area (Å²) in [6, 6.07) is 54.3. The molecule has 1 aliphatic heterocycles. The first-order valence-electron chi connectivity index (χ1n) is 21.2. The van der Waals surface area contributed by atoms with Gasteiger partial charge in [0.25, 0.3) is 0 Å². The van der Waals surface area contributed by atoms with Crippen molar-refractivity contribution in [3.05, 3.63) is 192 Å². The number of nitrogens with zero attached hydrogens (tertiary/aromatic N) is 5. The Hall–Kier alpha value is -7.40. The van der Waals surface area contributed by atoms with Gasteiger partial charge in [0.1, 0.15) is 22.7 Å². The van der Waals surface area contributed by atoms with E-state index < -0.39 is 34.7 Å². The minimum atomic E-state index is -1.34. The predicted octanol–water partition coefficient (Wildman–Crippen LogP) is 9.11. The SMILES string of the molecule is CC(C)(C)OC(=O)NC(C)(C)C(=O)N[C@@H]1CCc2ccccc2N(Cc2ccc(-c3ccccc3-c3nnnn3C(c3ccccc3)(c3ccccc3)c3ccccc3)cc2)C1=O. The molecule has 2 heterocycles. The van der Waals surface area contributed by atoms with Crippen molar-refractivity contribution < 1.29 is 19.1 Å². The monoisotopic (exact) mass is 837 g/mol. The standard InChI is InChI=1S/C52H51N7O4/c1-50(2,3)63-49(62)54-51(4,5)48(61)53-44-34-33-38-19-15-18-28-45(38)58(47(44)60)35-36-29-31-37(32-30-36)42-26-16-17-27-43(42)46-55-56-57-59(46)52(39-20-9-6-10-21-39,40-22-11-7-12-23-40)41-24-13-8-14-25-41/h6-32,44H,33-35H2,1-5H3,(H,53,61)(H,54,62)/t44-/m1/s1. The van der Waals surface area contributed by atoms with Crippen LogP contribution in [-0.2, 0) is 32.8 Å². The average molecular weight is 838 g/mol. The number of tetrazole rings is 1. The minimum absolute atomic E-state index is 0.235. The van der Waals surface area contributed by atoms with Gasteiger partial charge in [-0.05, 0) is 103 Å². The summed E-state index contributed by atoms with van der Waals surface area (Å²) in [7, 11) is 0. The lowest BCUT2D eigenvalue weighted by molar-refractivity contribution is -0.131. The number of hydrogen-bond donors (Lipinski definition) is 2. The Morgan fingerprint density at radius 3 is 1.81 bits per heavy atom. The fourth-order valence-electron chi connectivity index (χ4n) is 8.35. The predicted molar refractivity (Wildman–Crippen MR) is 245 cm³/mol. The number of carbonyl (C=O) groups is 3. The van der Waals surface area contributed by atoms with Crippen molar-refractivity contribution in [2.75, 3.05) is 4.90 Å². The molecule has 63 heavy (non-hydrogen) atoms. The largest absolute Gasteiger partial charge is 0.444 e. The molecule has 0 saturated heterocycles. The number of rotatable bonds is 11. The lowest BCUT2D eigenvalue weighted by Gasteiger charge is -2.36. The van der Waals surface area contributed by atoms with Crippen molar-refractivity contribution in [3.8, 4) is 22.5 Å². The number of anilines is 1. The van der Waals surface area contributed by atoms with Gasteiger partial charge in [-0.2, -0.15) is 0 Å². The molecule has 2 N–H and O–H groups in total. The van der Waals surface area contributed by atoms with Crippen LogP contribution in [0, 0.1) is 0 Å². The number of fused-ring (bicyclic) bond motifs is 1. The third-order valence-corrected chi connectivity index (χ3v) is 11.4. The molecule has 0 bridgehead atoms. The van der Waals surface area contributed by atoms with Crippen LogP contribution in [0.3, 0.4) is 0 Å². The van der Waals surface area contributed by atoms with E-state index in [-0.39, 0.29) is 12.5 Å². The highest BCUT2D eigenvalue weighted by Crippen LogP contribution is 2.43. The van der Waals surface area contributed by atoms with Gasteiger partial charge in [0.15, 0.2) is 5.82 Å². The van der Waals surface area contributed by atoms with E-state index in [9.17, 15) is 14.4 Å². The molecule has 1 aromatic heterocycles. The zero-order chi connectivity index (χ0) is 44.2. The molecule has 0 aliphatic carbocycles. The van der Waals surface area contributed by atoms with E-state index in [2.05, 4.69) is 70.4 Å². The molecule has 0 fully saturated rings. The highest BCUT2D eigenvalue weighted by molar-refractivity contribution is 6.01. The van der Waals surface area contributed by atoms with Gasteiger partial charge in [-0.25, -0.2) is 9.48 Å². The van der Waals surface area contributed by atoms with Crippen LogP contribution in [0.25, 0.3) is 22.5 Å². The molecule has 0 saturated carbocycles. The molecule has 7 aromatic rings. The van der Waals surface area contributed by atoms with Crippen LogP contribution in [-0.4, -0.2) is 55.3 Å². The second kappa shape index (κ2) is 17.5. The van der Waals surface area contributed by atoms with Crippen LogP contribution in [0.1, 0.15) is 68.9 Å². The maximum Gasteiger partial charge on any atom is 0.408 e. The summed E-state index contributed by atoms with van der Waals surface area (Å²) >= 11 is 0. The smallest absolute Gasteiger partial charge is 0.408 e. The molecular weight excluding hydrogens is 787 g/mol. The van der Waals surface area contributed by atoms with Crippen molar-refractivity contribution >= 4 is 23.6 Å². The van der Waals surface area contributed by atoms with Gasteiger partial charge >= 0.3 is 6.09 Å². The molecule has 11 nitrogen and oxygen atoms in total. The van der Waals surface area contributed by atoms with E-state index in [0.717, 1.165) is 50.2 Å². The Morgan fingerprint density at radius 2 is 1.22 bits per heavy atom. The van der Waals surface area contributed by atoms with E-state index in [0.29, 0.717) is 18.7 Å². The van der Waals surface area contributed by atoms with E-state index in [1.54, 1.807) is 39.5 Å². The molecule has 318 valence electrons. The summed E-state index contributed by atoms with van der Waals surface area (Å²) in [6.07, 6.45) is 0.266. The zero-order valence-corrected chi connectivity index (χ0v) is 36.2. The van der Waals surface area contributed by atoms with Crippen molar-refractivity contribution in [1.29, 1.82) is 0 Å². The Labute approximate surface area is 368 Å². The van der Waals surface area contributed by atoms with Crippen LogP contribution < -0.4 is 15.5 Å². The van der Waals surface area contributed by atoms with E-state index in [1.807, 2.05) is 114 Å². The van der Waals surface area contributed by atoms with Gasteiger partial charge in [0.05, 0.1) is 6.54 Å². The summed E-state index contributed by atoms with van der Waals surface area (Å²) in [5, 5.41) is 19.4. The van der Waals surface area contributed by atoms with Crippen LogP contribution in [0.5, 0.6) is 0 Å². The summed E-state index contributed by atoms with van der Waals surface area (Å²) in [5.74, 6) is -0.128. The van der Waals surface area contributed by atoms with Gasteiger partial charge in [-0.3, -0.25) is 9.59 Å². The van der Waals surface area contributed by atoms with Gasteiger partial charge in [-0.1, -0.05) is 158 Å². The fraction of sp³-hybridized carbons (Fsp3) is 0.231. The molecule has 0 radical (unpaired) electrons. The quantitative estimate of drug-likeness (QED) is 0.124. The number of amides is 3.